The summed E-state index contributed by atoms with van der Waals surface area (Å²) in [6.45, 7) is 3.84. The van der Waals surface area contributed by atoms with Crippen LogP contribution in [0.25, 0.3) is 10.9 Å². The molecule has 0 bridgehead atoms. The smallest absolute Gasteiger partial charge is 0.255 e. The Labute approximate surface area is 251 Å². The first kappa shape index (κ1) is 28.0. The summed E-state index contributed by atoms with van der Waals surface area (Å²) in [5.41, 5.74) is 5.00. The number of imide groups is 1. The molecular formula is C34H38N4O5. The molecule has 3 amide bonds. The van der Waals surface area contributed by atoms with Gasteiger partial charge in [-0.15, -0.1) is 0 Å². The van der Waals surface area contributed by atoms with Crippen LogP contribution in [-0.4, -0.2) is 71.5 Å². The van der Waals surface area contributed by atoms with E-state index in [2.05, 4.69) is 40.5 Å². The van der Waals surface area contributed by atoms with Crippen LogP contribution in [0.2, 0.25) is 0 Å². The Balaban J connectivity index is 0.946. The second-order valence-corrected chi connectivity index (χ2v) is 12.6. The second-order valence-electron chi connectivity index (χ2n) is 12.6. The number of rotatable bonds is 8. The Morgan fingerprint density at radius 3 is 2.77 bits per heavy atom. The maximum atomic E-state index is 13.0. The van der Waals surface area contributed by atoms with E-state index in [1.807, 2.05) is 12.1 Å². The molecule has 1 saturated carbocycles. The van der Waals surface area contributed by atoms with Crippen LogP contribution in [0.4, 0.5) is 0 Å². The van der Waals surface area contributed by atoms with Crippen molar-refractivity contribution in [1.29, 1.82) is 0 Å². The van der Waals surface area contributed by atoms with E-state index in [9.17, 15) is 14.4 Å². The average Bonchev–Trinajstić information content (AvgIpc) is 3.73. The lowest BCUT2D eigenvalue weighted by atomic mass is 10.00. The van der Waals surface area contributed by atoms with Gasteiger partial charge in [0.25, 0.3) is 5.91 Å². The van der Waals surface area contributed by atoms with E-state index in [1.165, 1.54) is 29.5 Å². The molecule has 3 fully saturated rings. The first-order chi connectivity index (χ1) is 20.9. The number of fused-ring (bicyclic) bond motifs is 2. The molecule has 9 nitrogen and oxygen atoms in total. The third-order valence-corrected chi connectivity index (χ3v) is 9.57. The third kappa shape index (κ3) is 5.76. The lowest BCUT2D eigenvalue weighted by molar-refractivity contribution is -0.136. The van der Waals surface area contributed by atoms with Crippen LogP contribution in [0, 0.1) is 5.92 Å². The molecule has 2 aromatic carbocycles. The molecular weight excluding hydrogens is 544 g/mol. The van der Waals surface area contributed by atoms with Gasteiger partial charge in [-0.05, 0) is 85.5 Å². The van der Waals surface area contributed by atoms with E-state index in [4.69, 9.17) is 14.5 Å². The fraction of sp³-hybridized carbons (Fsp3) is 0.471. The van der Waals surface area contributed by atoms with Crippen molar-refractivity contribution in [1.82, 2.24) is 20.1 Å². The summed E-state index contributed by atoms with van der Waals surface area (Å²) in [5, 5.41) is 3.53. The number of likely N-dealkylation sites (tertiary alicyclic amines) is 1. The average molecular weight is 583 g/mol. The number of benzene rings is 2. The largest absolute Gasteiger partial charge is 0.489 e. The molecule has 9 heteroatoms. The minimum atomic E-state index is -0.612. The first-order valence-corrected chi connectivity index (χ1v) is 15.5. The Bertz CT molecular complexity index is 1570. The molecule has 7 rings (SSSR count). The van der Waals surface area contributed by atoms with Crippen molar-refractivity contribution in [3.05, 3.63) is 70.9 Å². The predicted molar refractivity (Wildman–Crippen MR) is 160 cm³/mol. The Kier molecular flexibility index (Phi) is 7.61. The zero-order chi connectivity index (χ0) is 29.5. The van der Waals surface area contributed by atoms with Crippen molar-refractivity contribution in [2.75, 3.05) is 26.8 Å². The lowest BCUT2D eigenvalue weighted by Crippen LogP contribution is -2.52. The van der Waals surface area contributed by atoms with Crippen LogP contribution in [-0.2, 0) is 27.4 Å². The SMILES string of the molecule is COC[C@H]1CC[C@H](c2ccc3cc(CN4CC[C@H](Oc5ccc6c(c5)CN(C5CCC(=O)NC5=O)C6=O)C4)ccc3n2)C1. The van der Waals surface area contributed by atoms with Gasteiger partial charge in [0.05, 0.1) is 5.52 Å². The highest BCUT2D eigenvalue weighted by atomic mass is 16.5. The van der Waals surface area contributed by atoms with Crippen molar-refractivity contribution < 1.29 is 23.9 Å². The van der Waals surface area contributed by atoms with Gasteiger partial charge < -0.3 is 14.4 Å². The van der Waals surface area contributed by atoms with Gasteiger partial charge in [0, 0.05) is 68.9 Å². The predicted octanol–water partition coefficient (Wildman–Crippen LogP) is 4.18. The van der Waals surface area contributed by atoms with Gasteiger partial charge in [-0.3, -0.25) is 29.6 Å². The third-order valence-electron chi connectivity index (χ3n) is 9.57. The molecule has 224 valence electrons. The summed E-state index contributed by atoms with van der Waals surface area (Å²) in [4.78, 5) is 45.9. The number of methoxy groups -OCH3 is 1. The molecule has 1 N–H and O–H groups in total. The quantitative estimate of drug-likeness (QED) is 0.398. The van der Waals surface area contributed by atoms with Crippen LogP contribution < -0.4 is 10.1 Å². The zero-order valence-electron chi connectivity index (χ0n) is 24.6. The number of carbonyl (C=O) groups excluding carboxylic acids is 3. The number of pyridine rings is 1. The van der Waals surface area contributed by atoms with E-state index >= 15 is 0 Å². The number of ether oxygens (including phenoxy) is 2. The summed E-state index contributed by atoms with van der Waals surface area (Å²) in [5.74, 6) is 1.07. The van der Waals surface area contributed by atoms with Crippen molar-refractivity contribution >= 4 is 28.6 Å². The monoisotopic (exact) mass is 582 g/mol. The van der Waals surface area contributed by atoms with Gasteiger partial charge in [-0.2, -0.15) is 0 Å². The maximum absolute atomic E-state index is 13.0. The topological polar surface area (TPSA) is 101 Å². The van der Waals surface area contributed by atoms with Crippen molar-refractivity contribution in [2.45, 2.75) is 69.7 Å². The molecule has 3 aliphatic heterocycles. The number of nitrogens with one attached hydrogen (secondary N) is 1. The van der Waals surface area contributed by atoms with E-state index in [1.54, 1.807) is 18.1 Å². The van der Waals surface area contributed by atoms with Crippen molar-refractivity contribution in [2.24, 2.45) is 5.92 Å². The molecule has 2 saturated heterocycles. The highest BCUT2D eigenvalue weighted by Crippen LogP contribution is 2.38. The number of aromatic nitrogens is 1. The standard InChI is InChI=1S/C34H38N4O5/c1-42-20-22-2-4-23(15-22)30-9-5-24-14-21(3-8-29(24)35-30)17-37-13-12-27(19-37)43-26-6-7-28-25(16-26)18-38(34(28)41)31-10-11-32(39)36-33(31)40/h3,5-9,14,16,22-23,27,31H,2,4,10-13,15,17-20H2,1H3,(H,36,39,40)/t22-,23-,27-,31?/m0/s1. The van der Waals surface area contributed by atoms with Crippen LogP contribution in [0.15, 0.2) is 48.5 Å². The van der Waals surface area contributed by atoms with Crippen LogP contribution in [0.5, 0.6) is 5.75 Å². The summed E-state index contributed by atoms with van der Waals surface area (Å²) < 4.78 is 11.7. The van der Waals surface area contributed by atoms with E-state index in [0.29, 0.717) is 30.4 Å². The molecule has 4 aliphatic rings. The number of carbonyl (C=O) groups is 3. The Morgan fingerprint density at radius 2 is 1.91 bits per heavy atom. The molecule has 4 atom stereocenters. The fourth-order valence-corrected chi connectivity index (χ4v) is 7.36. The molecule has 0 radical (unpaired) electrons. The van der Waals surface area contributed by atoms with Crippen LogP contribution in [0.1, 0.15) is 71.6 Å². The van der Waals surface area contributed by atoms with Crippen molar-refractivity contribution in [3.8, 4) is 5.75 Å². The van der Waals surface area contributed by atoms with Gasteiger partial charge >= 0.3 is 0 Å². The van der Waals surface area contributed by atoms with Gasteiger partial charge in [0.1, 0.15) is 17.9 Å². The van der Waals surface area contributed by atoms with Crippen LogP contribution >= 0.6 is 0 Å². The Morgan fingerprint density at radius 1 is 1.00 bits per heavy atom. The second kappa shape index (κ2) is 11.7. The molecule has 1 aliphatic carbocycles. The maximum Gasteiger partial charge on any atom is 0.255 e. The minimum absolute atomic E-state index is 0.0689. The summed E-state index contributed by atoms with van der Waals surface area (Å²) in [7, 11) is 1.79. The first-order valence-electron chi connectivity index (χ1n) is 15.5. The van der Waals surface area contributed by atoms with E-state index in [-0.39, 0.29) is 24.3 Å². The lowest BCUT2D eigenvalue weighted by Gasteiger charge is -2.29. The van der Waals surface area contributed by atoms with Crippen LogP contribution in [0.3, 0.4) is 0 Å². The number of piperidine rings is 1. The number of nitrogens with zero attached hydrogens (tertiary/aromatic N) is 3. The molecule has 4 heterocycles. The molecule has 43 heavy (non-hydrogen) atoms. The minimum Gasteiger partial charge on any atom is -0.489 e. The van der Waals surface area contributed by atoms with E-state index in [0.717, 1.165) is 55.9 Å². The number of hydrogen-bond acceptors (Lipinski definition) is 7. The summed E-state index contributed by atoms with van der Waals surface area (Å²) in [6.07, 6.45) is 5.17. The van der Waals surface area contributed by atoms with E-state index < -0.39 is 11.9 Å². The molecule has 1 unspecified atom stereocenters. The van der Waals surface area contributed by atoms with Gasteiger partial charge in [-0.1, -0.05) is 12.1 Å². The fourth-order valence-electron chi connectivity index (χ4n) is 7.36. The summed E-state index contributed by atoms with van der Waals surface area (Å²) in [6, 6.07) is 16.0. The normalized spacial score (nSPS) is 25.9. The number of amides is 3. The van der Waals surface area contributed by atoms with Gasteiger partial charge in [0.2, 0.25) is 11.8 Å². The molecule has 1 aromatic heterocycles. The Hall–Kier alpha value is -3.82. The van der Waals surface area contributed by atoms with Crippen molar-refractivity contribution in [3.63, 3.8) is 0 Å². The zero-order valence-corrected chi connectivity index (χ0v) is 24.6. The van der Waals surface area contributed by atoms with Gasteiger partial charge in [-0.25, -0.2) is 0 Å². The van der Waals surface area contributed by atoms with Gasteiger partial charge in [0.15, 0.2) is 0 Å². The summed E-state index contributed by atoms with van der Waals surface area (Å²) >= 11 is 0. The number of hydrogen-bond donors (Lipinski definition) is 1. The molecule has 3 aromatic rings. The molecule has 0 spiro atoms. The highest BCUT2D eigenvalue weighted by Gasteiger charge is 2.39. The highest BCUT2D eigenvalue weighted by molar-refractivity contribution is 6.05.